The molecular weight excluding hydrogens is 374 g/mol. The molecule has 0 aliphatic rings. The summed E-state index contributed by atoms with van der Waals surface area (Å²) in [5.74, 6) is 0.864. The Morgan fingerprint density at radius 3 is 2.60 bits per heavy atom. The van der Waals surface area contributed by atoms with Crippen molar-refractivity contribution in [2.75, 3.05) is 26.3 Å². The van der Waals surface area contributed by atoms with Crippen LogP contribution in [0.1, 0.15) is 37.8 Å². The summed E-state index contributed by atoms with van der Waals surface area (Å²) in [5.41, 5.74) is 4.64. The third-order valence-corrected chi connectivity index (χ3v) is 4.88. The Hall–Kier alpha value is -2.86. The minimum Gasteiger partial charge on any atom is -0.382 e. The molecule has 0 spiro atoms. The van der Waals surface area contributed by atoms with Gasteiger partial charge in [-0.05, 0) is 49.9 Å². The van der Waals surface area contributed by atoms with Gasteiger partial charge in [-0.15, -0.1) is 0 Å². The highest BCUT2D eigenvalue weighted by molar-refractivity contribution is 5.79. The predicted molar refractivity (Wildman–Crippen MR) is 124 cm³/mol. The van der Waals surface area contributed by atoms with Crippen LogP contribution in [0.25, 0.3) is 11.0 Å². The predicted octanol–water partition coefficient (Wildman–Crippen LogP) is 3.96. The maximum absolute atomic E-state index is 5.38. The van der Waals surface area contributed by atoms with Gasteiger partial charge in [0.05, 0.1) is 23.9 Å². The van der Waals surface area contributed by atoms with Crippen LogP contribution in [0.3, 0.4) is 0 Å². The number of hydrogen-bond donors (Lipinski definition) is 2. The fourth-order valence-corrected chi connectivity index (χ4v) is 3.28. The molecule has 6 nitrogen and oxygen atoms in total. The van der Waals surface area contributed by atoms with Gasteiger partial charge >= 0.3 is 0 Å². The summed E-state index contributed by atoms with van der Waals surface area (Å²) in [7, 11) is 0. The highest BCUT2D eigenvalue weighted by Crippen LogP contribution is 2.14. The average molecular weight is 408 g/mol. The molecule has 0 aliphatic heterocycles. The monoisotopic (exact) mass is 407 g/mol. The van der Waals surface area contributed by atoms with Gasteiger partial charge in [0.25, 0.3) is 0 Å². The molecule has 6 heteroatoms. The number of rotatable bonds is 11. The van der Waals surface area contributed by atoms with E-state index in [9.17, 15) is 0 Å². The molecule has 0 amide bonds. The van der Waals surface area contributed by atoms with Gasteiger partial charge in [0.2, 0.25) is 0 Å². The molecule has 0 aliphatic carbocycles. The van der Waals surface area contributed by atoms with Crippen molar-refractivity contribution >= 4 is 17.0 Å². The summed E-state index contributed by atoms with van der Waals surface area (Å²) in [4.78, 5) is 9.18. The minimum absolute atomic E-state index is 0.655. The van der Waals surface area contributed by atoms with E-state index >= 15 is 0 Å². The van der Waals surface area contributed by atoms with E-state index in [0.29, 0.717) is 6.54 Å². The third kappa shape index (κ3) is 6.59. The fourth-order valence-electron chi connectivity index (χ4n) is 3.28. The van der Waals surface area contributed by atoms with E-state index in [-0.39, 0.29) is 0 Å². The van der Waals surface area contributed by atoms with Crippen molar-refractivity contribution in [2.45, 2.75) is 39.8 Å². The molecule has 2 N–H and O–H groups in total. The second-order valence-corrected chi connectivity index (χ2v) is 7.20. The van der Waals surface area contributed by atoms with E-state index in [1.54, 1.807) is 0 Å². The van der Waals surface area contributed by atoms with Gasteiger partial charge in [-0.3, -0.25) is 0 Å². The number of aromatic nitrogens is 2. The average Bonchev–Trinajstić information content (AvgIpc) is 3.18. The number of imidazole rings is 1. The van der Waals surface area contributed by atoms with Crippen LogP contribution in [0.15, 0.2) is 59.9 Å². The third-order valence-electron chi connectivity index (χ3n) is 4.88. The zero-order valence-electron chi connectivity index (χ0n) is 18.1. The topological polar surface area (TPSA) is 63.5 Å². The maximum Gasteiger partial charge on any atom is 0.191 e. The molecule has 0 fully saturated rings. The van der Waals surface area contributed by atoms with Crippen LogP contribution in [-0.2, 0) is 17.8 Å². The number of nitrogens with one attached hydrogen (secondary N) is 2. The van der Waals surface area contributed by atoms with Crippen molar-refractivity contribution in [3.05, 3.63) is 66.0 Å². The lowest BCUT2D eigenvalue weighted by molar-refractivity contribution is 0.143. The molecule has 0 saturated carbocycles. The van der Waals surface area contributed by atoms with Crippen molar-refractivity contribution in [2.24, 2.45) is 4.99 Å². The molecule has 3 rings (SSSR count). The molecule has 0 radical (unpaired) electrons. The smallest absolute Gasteiger partial charge is 0.191 e. The Morgan fingerprint density at radius 1 is 1.00 bits per heavy atom. The maximum atomic E-state index is 5.38. The molecule has 0 saturated heterocycles. The molecular formula is C24H33N5O. The Bertz CT molecular complexity index is 917. The Labute approximate surface area is 179 Å². The van der Waals surface area contributed by atoms with Gasteiger partial charge in [-0.25, -0.2) is 9.98 Å². The molecule has 30 heavy (non-hydrogen) atoms. The zero-order chi connectivity index (χ0) is 21.0. The van der Waals surface area contributed by atoms with Crippen LogP contribution < -0.4 is 10.6 Å². The normalized spacial score (nSPS) is 11.7. The lowest BCUT2D eigenvalue weighted by atomic mass is 10.1. The first-order valence-electron chi connectivity index (χ1n) is 10.9. The van der Waals surface area contributed by atoms with E-state index in [0.717, 1.165) is 62.7 Å². The van der Waals surface area contributed by atoms with E-state index in [1.165, 1.54) is 11.1 Å². The van der Waals surface area contributed by atoms with Gasteiger partial charge < -0.3 is 19.9 Å². The number of para-hydroxylation sites is 2. The Kier molecular flexibility index (Phi) is 8.72. The number of unbranched alkanes of at least 4 members (excludes halogenated alkanes) is 1. The van der Waals surface area contributed by atoms with Crippen molar-refractivity contribution in [3.8, 4) is 0 Å². The number of fused-ring (bicyclic) bond motifs is 1. The summed E-state index contributed by atoms with van der Waals surface area (Å²) in [6.45, 7) is 8.95. The SMILES string of the molecule is CCNC(=NCc1ccc(Cn2cnc3ccccc32)cc1)NCCCCOCC. The number of ether oxygens (including phenoxy) is 1. The van der Waals surface area contributed by atoms with Gasteiger partial charge in [-0.2, -0.15) is 0 Å². The fraction of sp³-hybridized carbons (Fsp3) is 0.417. The number of aliphatic imine (C=N–C) groups is 1. The number of benzene rings is 2. The Morgan fingerprint density at radius 2 is 1.80 bits per heavy atom. The van der Waals surface area contributed by atoms with Crippen molar-refractivity contribution in [1.82, 2.24) is 20.2 Å². The first-order chi connectivity index (χ1) is 14.8. The molecule has 2 aromatic carbocycles. The van der Waals surface area contributed by atoms with Gasteiger partial charge in [0.15, 0.2) is 5.96 Å². The van der Waals surface area contributed by atoms with Gasteiger partial charge in [0, 0.05) is 32.8 Å². The van der Waals surface area contributed by atoms with Crippen LogP contribution in [0.4, 0.5) is 0 Å². The second kappa shape index (κ2) is 12.0. The molecule has 0 bridgehead atoms. The van der Waals surface area contributed by atoms with E-state index in [4.69, 9.17) is 9.73 Å². The molecule has 1 aromatic heterocycles. The first-order valence-corrected chi connectivity index (χ1v) is 10.9. The number of hydrogen-bond acceptors (Lipinski definition) is 3. The highest BCUT2D eigenvalue weighted by Gasteiger charge is 2.03. The summed E-state index contributed by atoms with van der Waals surface area (Å²) in [6, 6.07) is 16.9. The van der Waals surface area contributed by atoms with Gasteiger partial charge in [0.1, 0.15) is 0 Å². The lowest BCUT2D eigenvalue weighted by Gasteiger charge is -2.11. The molecule has 1 heterocycles. The molecule has 0 unspecified atom stereocenters. The highest BCUT2D eigenvalue weighted by atomic mass is 16.5. The van der Waals surface area contributed by atoms with Crippen molar-refractivity contribution in [1.29, 1.82) is 0 Å². The van der Waals surface area contributed by atoms with Crippen LogP contribution in [-0.4, -0.2) is 41.8 Å². The molecule has 160 valence electrons. The summed E-state index contributed by atoms with van der Waals surface area (Å²) in [5, 5.41) is 6.71. The largest absolute Gasteiger partial charge is 0.382 e. The van der Waals surface area contributed by atoms with Crippen LogP contribution in [0.5, 0.6) is 0 Å². The van der Waals surface area contributed by atoms with Crippen molar-refractivity contribution < 1.29 is 4.74 Å². The van der Waals surface area contributed by atoms with Crippen LogP contribution >= 0.6 is 0 Å². The van der Waals surface area contributed by atoms with Crippen LogP contribution in [0, 0.1) is 0 Å². The van der Waals surface area contributed by atoms with E-state index in [1.807, 2.05) is 25.4 Å². The minimum atomic E-state index is 0.655. The first kappa shape index (κ1) is 21.8. The molecule has 0 atom stereocenters. The van der Waals surface area contributed by atoms with E-state index in [2.05, 4.69) is 63.5 Å². The standard InChI is InChI=1S/C24H33N5O/c1-3-25-24(26-15-7-8-16-30-4-2)27-17-20-11-13-21(14-12-20)18-29-19-28-22-9-5-6-10-23(22)29/h5-6,9-14,19H,3-4,7-8,15-18H2,1-2H3,(H2,25,26,27). The zero-order valence-corrected chi connectivity index (χ0v) is 18.1. The molecule has 3 aromatic rings. The summed E-state index contributed by atoms with van der Waals surface area (Å²) in [6.07, 6.45) is 4.04. The van der Waals surface area contributed by atoms with Gasteiger partial charge in [-0.1, -0.05) is 36.4 Å². The second-order valence-electron chi connectivity index (χ2n) is 7.20. The lowest BCUT2D eigenvalue weighted by Crippen LogP contribution is -2.37. The Balaban J connectivity index is 1.51. The van der Waals surface area contributed by atoms with E-state index < -0.39 is 0 Å². The number of nitrogens with zero attached hydrogens (tertiary/aromatic N) is 3. The summed E-state index contributed by atoms with van der Waals surface area (Å²) < 4.78 is 7.56. The summed E-state index contributed by atoms with van der Waals surface area (Å²) >= 11 is 0. The van der Waals surface area contributed by atoms with Crippen molar-refractivity contribution in [3.63, 3.8) is 0 Å². The van der Waals surface area contributed by atoms with Crippen LogP contribution in [0.2, 0.25) is 0 Å². The number of guanidine groups is 1. The quantitative estimate of drug-likeness (QED) is 0.287.